The smallest absolute Gasteiger partial charge is 0.295 e. The molecule has 1 N–H and O–H groups in total. The Morgan fingerprint density at radius 1 is 1.10 bits per heavy atom. The van der Waals surface area contributed by atoms with Crippen molar-refractivity contribution in [3.05, 3.63) is 81.4 Å². The van der Waals surface area contributed by atoms with Gasteiger partial charge in [0.2, 0.25) is 5.91 Å². The highest BCUT2D eigenvalue weighted by molar-refractivity contribution is 6.30. The molecule has 158 valence electrons. The Morgan fingerprint density at radius 2 is 1.84 bits per heavy atom. The molecule has 0 aliphatic carbocycles. The summed E-state index contributed by atoms with van der Waals surface area (Å²) in [6.45, 7) is 5.57. The van der Waals surface area contributed by atoms with Gasteiger partial charge in [-0.3, -0.25) is 9.59 Å². The maximum atomic E-state index is 13.3. The third kappa shape index (κ3) is 3.84. The number of aryl methyl sites for hydroxylation is 2. The van der Waals surface area contributed by atoms with E-state index in [4.69, 9.17) is 11.6 Å². The molecular weight excluding hydrogens is 414 g/mol. The van der Waals surface area contributed by atoms with Gasteiger partial charge in [0, 0.05) is 10.7 Å². The molecule has 0 saturated heterocycles. The van der Waals surface area contributed by atoms with E-state index in [0.717, 1.165) is 11.4 Å². The molecule has 1 atom stereocenters. The quantitative estimate of drug-likeness (QED) is 0.502. The van der Waals surface area contributed by atoms with Crippen LogP contribution in [-0.4, -0.2) is 25.5 Å². The molecule has 0 aliphatic rings. The monoisotopic (exact) mass is 435 g/mol. The molecule has 2 aromatic carbocycles. The van der Waals surface area contributed by atoms with Crippen LogP contribution in [0, 0.1) is 13.8 Å². The molecule has 0 bridgehead atoms. The first-order valence-electron chi connectivity index (χ1n) is 10.0. The molecule has 2 aromatic heterocycles. The fourth-order valence-electron chi connectivity index (χ4n) is 3.74. The number of para-hydroxylation sites is 1. The van der Waals surface area contributed by atoms with Gasteiger partial charge < -0.3 is 5.32 Å². The lowest BCUT2D eigenvalue weighted by Crippen LogP contribution is -2.35. The van der Waals surface area contributed by atoms with Crippen molar-refractivity contribution in [3.8, 4) is 5.69 Å². The second-order valence-corrected chi connectivity index (χ2v) is 7.75. The summed E-state index contributed by atoms with van der Waals surface area (Å²) in [6, 6.07) is 15.7. The SMILES string of the molecule is CCC(C(=O)Nc1cccc(Cl)c1)n1nc(C)c2c(C)n(-c3ccccc3)nc2c1=O. The Balaban J connectivity index is 1.79. The lowest BCUT2D eigenvalue weighted by Gasteiger charge is -2.17. The maximum absolute atomic E-state index is 13.3. The van der Waals surface area contributed by atoms with Crippen LogP contribution >= 0.6 is 11.6 Å². The summed E-state index contributed by atoms with van der Waals surface area (Å²) in [5, 5.41) is 13.1. The van der Waals surface area contributed by atoms with Crippen LogP contribution in [0.5, 0.6) is 0 Å². The molecule has 1 amide bonds. The zero-order chi connectivity index (χ0) is 22.1. The fourth-order valence-corrected chi connectivity index (χ4v) is 3.93. The predicted molar refractivity (Wildman–Crippen MR) is 122 cm³/mol. The van der Waals surface area contributed by atoms with E-state index in [9.17, 15) is 9.59 Å². The average Bonchev–Trinajstić information content (AvgIpc) is 3.11. The first-order chi connectivity index (χ1) is 14.9. The number of nitrogens with zero attached hydrogens (tertiary/aromatic N) is 4. The molecule has 0 fully saturated rings. The normalized spacial score (nSPS) is 12.1. The van der Waals surface area contributed by atoms with Crippen molar-refractivity contribution in [2.75, 3.05) is 5.32 Å². The Hall–Kier alpha value is -3.45. The Bertz CT molecular complexity index is 1330. The van der Waals surface area contributed by atoms with Crippen molar-refractivity contribution in [1.82, 2.24) is 19.6 Å². The number of nitrogens with one attached hydrogen (secondary N) is 1. The van der Waals surface area contributed by atoms with Gasteiger partial charge in [-0.15, -0.1) is 0 Å². The minimum atomic E-state index is -0.781. The lowest BCUT2D eigenvalue weighted by atomic mass is 10.2. The molecular formula is C23H22ClN5O2. The topological polar surface area (TPSA) is 81.8 Å². The molecule has 4 aromatic rings. The standard InChI is InChI=1S/C23H22ClN5O2/c1-4-19(22(30)25-17-10-8-9-16(24)13-17)29-23(31)21-20(14(2)26-29)15(3)28(27-21)18-11-6-5-7-12-18/h5-13,19H,4H2,1-3H3,(H,25,30). The van der Waals surface area contributed by atoms with Crippen molar-refractivity contribution >= 4 is 34.1 Å². The van der Waals surface area contributed by atoms with Gasteiger partial charge in [-0.25, -0.2) is 9.36 Å². The molecule has 2 heterocycles. The van der Waals surface area contributed by atoms with Crippen LogP contribution in [0.2, 0.25) is 5.02 Å². The number of amides is 1. The van der Waals surface area contributed by atoms with Crippen molar-refractivity contribution in [1.29, 1.82) is 0 Å². The van der Waals surface area contributed by atoms with Gasteiger partial charge in [0.15, 0.2) is 5.52 Å². The van der Waals surface area contributed by atoms with Crippen molar-refractivity contribution < 1.29 is 4.79 Å². The third-order valence-corrected chi connectivity index (χ3v) is 5.46. The van der Waals surface area contributed by atoms with E-state index in [1.54, 1.807) is 28.9 Å². The lowest BCUT2D eigenvalue weighted by molar-refractivity contribution is -0.119. The summed E-state index contributed by atoms with van der Waals surface area (Å²) in [5.74, 6) is -0.336. The number of carbonyl (C=O) groups is 1. The number of fused-ring (bicyclic) bond motifs is 1. The maximum Gasteiger partial charge on any atom is 0.295 e. The number of rotatable bonds is 5. The summed E-state index contributed by atoms with van der Waals surface area (Å²) in [5.41, 5.74) is 2.78. The van der Waals surface area contributed by atoms with E-state index >= 15 is 0 Å². The summed E-state index contributed by atoms with van der Waals surface area (Å²) in [4.78, 5) is 26.3. The molecule has 1 unspecified atom stereocenters. The number of hydrogen-bond donors (Lipinski definition) is 1. The van der Waals surface area contributed by atoms with Gasteiger partial charge >= 0.3 is 0 Å². The van der Waals surface area contributed by atoms with Gasteiger partial charge in [0.25, 0.3) is 5.56 Å². The number of anilines is 1. The van der Waals surface area contributed by atoms with Crippen LogP contribution in [0.1, 0.15) is 30.8 Å². The number of halogens is 1. The molecule has 0 saturated carbocycles. The number of carbonyl (C=O) groups excluding carboxylic acids is 1. The molecule has 4 rings (SSSR count). The van der Waals surface area contributed by atoms with Gasteiger partial charge in [-0.2, -0.15) is 10.2 Å². The average molecular weight is 436 g/mol. The van der Waals surface area contributed by atoms with Crippen LogP contribution < -0.4 is 10.9 Å². The molecule has 7 nitrogen and oxygen atoms in total. The summed E-state index contributed by atoms with van der Waals surface area (Å²) in [6.07, 6.45) is 0.391. The minimum Gasteiger partial charge on any atom is -0.324 e. The highest BCUT2D eigenvalue weighted by atomic mass is 35.5. The van der Waals surface area contributed by atoms with Crippen LogP contribution in [0.3, 0.4) is 0 Å². The zero-order valence-electron chi connectivity index (χ0n) is 17.5. The molecule has 0 aliphatic heterocycles. The van der Waals surface area contributed by atoms with E-state index < -0.39 is 11.6 Å². The van der Waals surface area contributed by atoms with Crippen molar-refractivity contribution in [2.24, 2.45) is 0 Å². The Labute approximate surface area is 184 Å². The largest absolute Gasteiger partial charge is 0.324 e. The first kappa shape index (κ1) is 20.8. The highest BCUT2D eigenvalue weighted by Crippen LogP contribution is 2.23. The second kappa shape index (κ2) is 8.35. The third-order valence-electron chi connectivity index (χ3n) is 5.22. The Morgan fingerprint density at radius 3 is 2.52 bits per heavy atom. The van der Waals surface area contributed by atoms with Gasteiger partial charge in [-0.05, 0) is 50.6 Å². The van der Waals surface area contributed by atoms with Crippen LogP contribution in [0.15, 0.2) is 59.4 Å². The van der Waals surface area contributed by atoms with E-state index in [-0.39, 0.29) is 5.91 Å². The molecule has 0 spiro atoms. The summed E-state index contributed by atoms with van der Waals surface area (Å²) >= 11 is 6.01. The number of hydrogen-bond acceptors (Lipinski definition) is 4. The van der Waals surface area contributed by atoms with E-state index in [2.05, 4.69) is 15.5 Å². The zero-order valence-corrected chi connectivity index (χ0v) is 18.2. The van der Waals surface area contributed by atoms with Gasteiger partial charge in [0.05, 0.1) is 22.5 Å². The Kier molecular flexibility index (Phi) is 5.61. The van der Waals surface area contributed by atoms with Crippen LogP contribution in [-0.2, 0) is 4.79 Å². The number of aromatic nitrogens is 4. The minimum absolute atomic E-state index is 0.294. The predicted octanol–water partition coefficient (Wildman–Crippen LogP) is 4.44. The van der Waals surface area contributed by atoms with Crippen LogP contribution in [0.4, 0.5) is 5.69 Å². The van der Waals surface area contributed by atoms with Crippen molar-refractivity contribution in [2.45, 2.75) is 33.2 Å². The van der Waals surface area contributed by atoms with Gasteiger partial charge in [0.1, 0.15) is 6.04 Å². The van der Waals surface area contributed by atoms with E-state index in [1.165, 1.54) is 4.68 Å². The van der Waals surface area contributed by atoms with E-state index in [0.29, 0.717) is 33.7 Å². The summed E-state index contributed by atoms with van der Waals surface area (Å²) < 4.78 is 2.97. The summed E-state index contributed by atoms with van der Waals surface area (Å²) in [7, 11) is 0. The number of benzene rings is 2. The molecule has 8 heteroatoms. The van der Waals surface area contributed by atoms with Gasteiger partial charge in [-0.1, -0.05) is 42.8 Å². The fraction of sp³-hybridized carbons (Fsp3) is 0.217. The van der Waals surface area contributed by atoms with E-state index in [1.807, 2.05) is 51.1 Å². The second-order valence-electron chi connectivity index (χ2n) is 7.32. The van der Waals surface area contributed by atoms with Crippen molar-refractivity contribution in [3.63, 3.8) is 0 Å². The molecule has 0 radical (unpaired) electrons. The first-order valence-corrected chi connectivity index (χ1v) is 10.4. The highest BCUT2D eigenvalue weighted by Gasteiger charge is 2.25. The molecule has 31 heavy (non-hydrogen) atoms. The van der Waals surface area contributed by atoms with Crippen LogP contribution in [0.25, 0.3) is 16.6 Å².